The Hall–Kier alpha value is -4.08. The van der Waals surface area contributed by atoms with E-state index < -0.39 is 30.1 Å². The maximum Gasteiger partial charge on any atom is 0.407 e. The van der Waals surface area contributed by atoms with Crippen molar-refractivity contribution in [1.29, 1.82) is 0 Å². The SMILES string of the molecule is CN=C(N)NCCC[C@@H](NC(=O)OCC1c2ccccc2-c2ccccc21)C(=O)N[C@@H](CC(C)C)C(=O)OCCC(C)C. The van der Waals surface area contributed by atoms with Crippen LogP contribution in [-0.4, -0.2) is 62.8 Å². The second-order valence-electron chi connectivity index (χ2n) is 11.7. The summed E-state index contributed by atoms with van der Waals surface area (Å²) in [5.41, 5.74) is 10.2. The third-order valence-corrected chi connectivity index (χ3v) is 7.42. The first-order chi connectivity index (χ1) is 20.6. The number of benzene rings is 2. The Bertz CT molecular complexity index is 1220. The average molecular weight is 594 g/mol. The highest BCUT2D eigenvalue weighted by Crippen LogP contribution is 2.44. The van der Waals surface area contributed by atoms with Gasteiger partial charge in [-0.3, -0.25) is 9.79 Å². The zero-order chi connectivity index (χ0) is 31.4. The number of alkyl carbamates (subject to hydrolysis) is 1. The fourth-order valence-corrected chi connectivity index (χ4v) is 5.11. The molecule has 2 atom stereocenters. The fourth-order valence-electron chi connectivity index (χ4n) is 5.11. The molecule has 0 radical (unpaired) electrons. The number of rotatable bonds is 15. The summed E-state index contributed by atoms with van der Waals surface area (Å²) >= 11 is 0. The van der Waals surface area contributed by atoms with Gasteiger partial charge in [0.1, 0.15) is 18.7 Å². The Morgan fingerprint density at radius 1 is 0.860 bits per heavy atom. The van der Waals surface area contributed by atoms with E-state index in [2.05, 4.69) is 46.9 Å². The molecule has 43 heavy (non-hydrogen) atoms. The lowest BCUT2D eigenvalue weighted by atomic mass is 9.98. The number of guanidine groups is 1. The van der Waals surface area contributed by atoms with Crippen LogP contribution >= 0.6 is 0 Å². The van der Waals surface area contributed by atoms with Gasteiger partial charge in [-0.15, -0.1) is 0 Å². The number of hydrogen-bond donors (Lipinski definition) is 4. The predicted molar refractivity (Wildman–Crippen MR) is 169 cm³/mol. The molecule has 10 nitrogen and oxygen atoms in total. The second kappa shape index (κ2) is 16.5. The molecule has 2 aromatic rings. The summed E-state index contributed by atoms with van der Waals surface area (Å²) in [6, 6.07) is 14.4. The summed E-state index contributed by atoms with van der Waals surface area (Å²) in [6.07, 6.45) is 1.24. The first-order valence-corrected chi connectivity index (χ1v) is 15.1. The van der Waals surface area contributed by atoms with Gasteiger partial charge in [-0.2, -0.15) is 0 Å². The molecule has 0 heterocycles. The van der Waals surface area contributed by atoms with Gasteiger partial charge >= 0.3 is 12.1 Å². The van der Waals surface area contributed by atoms with E-state index in [0.717, 1.165) is 28.7 Å². The van der Waals surface area contributed by atoms with Crippen LogP contribution in [0, 0.1) is 11.8 Å². The highest BCUT2D eigenvalue weighted by molar-refractivity contribution is 5.89. The van der Waals surface area contributed by atoms with E-state index in [1.165, 1.54) is 0 Å². The summed E-state index contributed by atoms with van der Waals surface area (Å²) in [6.45, 7) is 8.90. The van der Waals surface area contributed by atoms with Crippen molar-refractivity contribution >= 4 is 23.9 Å². The lowest BCUT2D eigenvalue weighted by molar-refractivity contribution is -0.148. The van der Waals surface area contributed by atoms with Gasteiger partial charge in [-0.25, -0.2) is 9.59 Å². The molecule has 0 bridgehead atoms. The molecule has 5 N–H and O–H groups in total. The van der Waals surface area contributed by atoms with Crippen LogP contribution in [0.2, 0.25) is 0 Å². The van der Waals surface area contributed by atoms with Gasteiger partial charge in [0.2, 0.25) is 5.91 Å². The number of nitrogens with one attached hydrogen (secondary N) is 3. The minimum Gasteiger partial charge on any atom is -0.464 e. The highest BCUT2D eigenvalue weighted by Gasteiger charge is 2.31. The standard InChI is InChI=1S/C33H47N5O5/c1-21(2)16-18-42-31(40)29(19-22(3)4)37-30(39)28(15-10-17-36-32(34)35-5)38-33(41)43-20-27-25-13-8-6-11-23(25)24-12-7-9-14-26(24)27/h6-9,11-14,21-22,27-29H,10,15-20H2,1-5H3,(H,37,39)(H,38,41)(H3,34,35,36)/t28-,29+/m1/s1. The molecule has 0 saturated carbocycles. The minimum atomic E-state index is -0.935. The van der Waals surface area contributed by atoms with Crippen molar-refractivity contribution in [2.45, 2.75) is 71.4 Å². The lowest BCUT2D eigenvalue weighted by Crippen LogP contribution is -2.52. The fraction of sp³-hybridized carbons (Fsp3) is 0.515. The van der Waals surface area contributed by atoms with Crippen LogP contribution in [0.1, 0.15) is 70.4 Å². The van der Waals surface area contributed by atoms with E-state index in [-0.39, 0.29) is 37.4 Å². The van der Waals surface area contributed by atoms with Crippen molar-refractivity contribution in [1.82, 2.24) is 16.0 Å². The van der Waals surface area contributed by atoms with E-state index in [1.807, 2.05) is 50.2 Å². The first-order valence-electron chi connectivity index (χ1n) is 15.1. The van der Waals surface area contributed by atoms with Crippen LogP contribution in [-0.2, 0) is 19.1 Å². The van der Waals surface area contributed by atoms with Crippen molar-refractivity contribution in [3.8, 4) is 11.1 Å². The van der Waals surface area contributed by atoms with Crippen molar-refractivity contribution in [2.24, 2.45) is 22.6 Å². The topological polar surface area (TPSA) is 144 Å². The van der Waals surface area contributed by atoms with Gasteiger partial charge in [-0.05, 0) is 59.8 Å². The number of carbonyl (C=O) groups excluding carboxylic acids is 3. The van der Waals surface area contributed by atoms with Crippen LogP contribution in [0.5, 0.6) is 0 Å². The third-order valence-electron chi connectivity index (χ3n) is 7.42. The van der Waals surface area contributed by atoms with Gasteiger partial charge in [0, 0.05) is 19.5 Å². The Kier molecular flexibility index (Phi) is 12.8. The van der Waals surface area contributed by atoms with E-state index in [9.17, 15) is 14.4 Å². The average Bonchev–Trinajstić information content (AvgIpc) is 3.30. The molecule has 2 amide bonds. The maximum atomic E-state index is 13.5. The Balaban J connectivity index is 1.67. The molecular formula is C33H47N5O5. The van der Waals surface area contributed by atoms with Gasteiger partial charge in [0.05, 0.1) is 6.61 Å². The van der Waals surface area contributed by atoms with Crippen molar-refractivity contribution in [3.05, 3.63) is 59.7 Å². The summed E-state index contributed by atoms with van der Waals surface area (Å²) < 4.78 is 11.2. The number of hydrogen-bond acceptors (Lipinski definition) is 6. The number of esters is 1. The molecule has 0 unspecified atom stereocenters. The van der Waals surface area contributed by atoms with E-state index >= 15 is 0 Å². The highest BCUT2D eigenvalue weighted by atomic mass is 16.5. The normalized spacial score (nSPS) is 14.1. The second-order valence-corrected chi connectivity index (χ2v) is 11.7. The molecule has 0 fully saturated rings. The number of ether oxygens (including phenoxy) is 2. The number of carbonyl (C=O) groups is 3. The van der Waals surface area contributed by atoms with Gasteiger partial charge in [-0.1, -0.05) is 76.2 Å². The number of fused-ring (bicyclic) bond motifs is 3. The van der Waals surface area contributed by atoms with E-state index in [1.54, 1.807) is 7.05 Å². The molecule has 0 spiro atoms. The molecule has 1 aliphatic rings. The molecule has 10 heteroatoms. The van der Waals surface area contributed by atoms with Gasteiger partial charge < -0.3 is 31.2 Å². The predicted octanol–water partition coefficient (Wildman–Crippen LogP) is 4.33. The zero-order valence-electron chi connectivity index (χ0n) is 26.0. The summed E-state index contributed by atoms with van der Waals surface area (Å²) in [4.78, 5) is 43.3. The van der Waals surface area contributed by atoms with Gasteiger partial charge in [0.25, 0.3) is 0 Å². The Morgan fingerprint density at radius 2 is 1.49 bits per heavy atom. The molecule has 2 aromatic carbocycles. The summed E-state index contributed by atoms with van der Waals surface area (Å²) in [7, 11) is 1.58. The van der Waals surface area contributed by atoms with Crippen LogP contribution < -0.4 is 21.7 Å². The maximum absolute atomic E-state index is 13.5. The van der Waals surface area contributed by atoms with Crippen molar-refractivity contribution in [3.63, 3.8) is 0 Å². The zero-order valence-corrected chi connectivity index (χ0v) is 26.0. The number of nitrogens with two attached hydrogens (primary N) is 1. The third kappa shape index (κ3) is 10.0. The number of aliphatic imine (C=N–C) groups is 1. The molecule has 1 aliphatic carbocycles. The van der Waals surface area contributed by atoms with Crippen LogP contribution in [0.25, 0.3) is 11.1 Å². The van der Waals surface area contributed by atoms with E-state index in [4.69, 9.17) is 15.2 Å². The molecule has 0 aliphatic heterocycles. The monoisotopic (exact) mass is 593 g/mol. The Morgan fingerprint density at radius 3 is 2.07 bits per heavy atom. The molecular weight excluding hydrogens is 546 g/mol. The summed E-state index contributed by atoms with van der Waals surface area (Å²) in [5.74, 6) is -0.254. The van der Waals surface area contributed by atoms with Crippen LogP contribution in [0.15, 0.2) is 53.5 Å². The summed E-state index contributed by atoms with van der Waals surface area (Å²) in [5, 5.41) is 8.51. The molecule has 0 aromatic heterocycles. The van der Waals surface area contributed by atoms with Gasteiger partial charge in [0.15, 0.2) is 5.96 Å². The smallest absolute Gasteiger partial charge is 0.407 e. The first kappa shape index (κ1) is 33.4. The number of amides is 2. The van der Waals surface area contributed by atoms with Crippen molar-refractivity contribution < 1.29 is 23.9 Å². The quantitative estimate of drug-likeness (QED) is 0.104. The van der Waals surface area contributed by atoms with Crippen molar-refractivity contribution in [2.75, 3.05) is 26.8 Å². The largest absolute Gasteiger partial charge is 0.464 e. The number of nitrogens with zero attached hydrogens (tertiary/aromatic N) is 1. The lowest BCUT2D eigenvalue weighted by Gasteiger charge is -2.24. The van der Waals surface area contributed by atoms with Crippen LogP contribution in [0.4, 0.5) is 4.79 Å². The minimum absolute atomic E-state index is 0.109. The van der Waals surface area contributed by atoms with E-state index in [0.29, 0.717) is 25.3 Å². The van der Waals surface area contributed by atoms with Crippen LogP contribution in [0.3, 0.4) is 0 Å². The molecule has 234 valence electrons. The molecule has 3 rings (SSSR count). The Labute approximate surface area is 255 Å². The molecule has 0 saturated heterocycles.